The molecule has 0 spiro atoms. The molecule has 1 fully saturated rings. The number of anilines is 2. The minimum Gasteiger partial charge on any atom is -0.367 e. The Balaban J connectivity index is 1.46. The molecule has 1 N–H and O–H groups in total. The van der Waals surface area contributed by atoms with E-state index in [1.165, 1.54) is 0 Å². The van der Waals surface area contributed by atoms with Crippen LogP contribution in [0.15, 0.2) is 53.3 Å². The average molecular weight is 436 g/mol. The first-order valence-electron chi connectivity index (χ1n) is 11.7. The molecule has 0 radical (unpaired) electrons. The van der Waals surface area contributed by atoms with Crippen LogP contribution in [0.4, 0.5) is 11.4 Å². The number of aromatic nitrogens is 2. The highest BCUT2D eigenvalue weighted by molar-refractivity contribution is 5.94. The first kappa shape index (κ1) is 22.1. The van der Waals surface area contributed by atoms with Crippen LogP contribution in [-0.4, -0.2) is 52.7 Å². The molecule has 170 valence electrons. The van der Waals surface area contributed by atoms with E-state index >= 15 is 0 Å². The summed E-state index contributed by atoms with van der Waals surface area (Å²) >= 11 is 0. The Morgan fingerprint density at radius 2 is 1.50 bits per heavy atom. The van der Waals surface area contributed by atoms with E-state index in [0.717, 1.165) is 61.6 Å². The van der Waals surface area contributed by atoms with E-state index in [4.69, 9.17) is 0 Å². The molecule has 0 atom stereocenters. The minimum atomic E-state index is -0.0798. The SMILES string of the molecule is CCCn1c(=O)n(CCC(=O)Nc2ccccc2N2CCN(CC)CC2)c2ccccc21. The minimum absolute atomic E-state index is 0.0463. The fourth-order valence-electron chi connectivity index (χ4n) is 4.51. The molecule has 1 aromatic heterocycles. The fourth-order valence-corrected chi connectivity index (χ4v) is 4.51. The Bertz CT molecular complexity index is 1120. The van der Waals surface area contributed by atoms with Gasteiger partial charge < -0.3 is 15.1 Å². The van der Waals surface area contributed by atoms with Gasteiger partial charge in [-0.15, -0.1) is 0 Å². The summed E-state index contributed by atoms with van der Waals surface area (Å²) < 4.78 is 3.53. The number of piperazine rings is 1. The summed E-state index contributed by atoms with van der Waals surface area (Å²) in [6.07, 6.45) is 1.13. The molecule has 3 aromatic rings. The van der Waals surface area contributed by atoms with Crippen molar-refractivity contribution in [2.45, 2.75) is 39.8 Å². The van der Waals surface area contributed by atoms with Crippen molar-refractivity contribution in [2.75, 3.05) is 42.9 Å². The summed E-state index contributed by atoms with van der Waals surface area (Å²) in [4.78, 5) is 30.6. The second-order valence-electron chi connectivity index (χ2n) is 8.31. The quantitative estimate of drug-likeness (QED) is 0.589. The van der Waals surface area contributed by atoms with E-state index in [2.05, 4.69) is 35.0 Å². The van der Waals surface area contributed by atoms with Crippen molar-refractivity contribution in [3.63, 3.8) is 0 Å². The van der Waals surface area contributed by atoms with Crippen LogP contribution in [0, 0.1) is 0 Å². The molecule has 2 aromatic carbocycles. The second kappa shape index (κ2) is 10.0. The zero-order chi connectivity index (χ0) is 22.5. The zero-order valence-electron chi connectivity index (χ0n) is 19.1. The Morgan fingerprint density at radius 3 is 2.16 bits per heavy atom. The maximum atomic E-state index is 12.9. The Morgan fingerprint density at radius 1 is 0.875 bits per heavy atom. The lowest BCUT2D eigenvalue weighted by atomic mass is 10.2. The van der Waals surface area contributed by atoms with Crippen LogP contribution in [0.2, 0.25) is 0 Å². The van der Waals surface area contributed by atoms with Gasteiger partial charge in [-0.05, 0) is 37.2 Å². The number of likely N-dealkylation sites (N-methyl/N-ethyl adjacent to an activating group) is 1. The number of para-hydroxylation sites is 4. The normalized spacial score (nSPS) is 14.8. The molecule has 32 heavy (non-hydrogen) atoms. The third-order valence-electron chi connectivity index (χ3n) is 6.27. The van der Waals surface area contributed by atoms with Gasteiger partial charge in [-0.3, -0.25) is 13.9 Å². The predicted molar refractivity (Wildman–Crippen MR) is 131 cm³/mol. The van der Waals surface area contributed by atoms with Gasteiger partial charge in [0.05, 0.1) is 22.4 Å². The molecule has 1 aliphatic heterocycles. The van der Waals surface area contributed by atoms with Crippen LogP contribution < -0.4 is 15.9 Å². The Hall–Kier alpha value is -3.06. The lowest BCUT2D eigenvalue weighted by Gasteiger charge is -2.36. The van der Waals surface area contributed by atoms with Crippen molar-refractivity contribution >= 4 is 28.3 Å². The molecule has 7 nitrogen and oxygen atoms in total. The van der Waals surface area contributed by atoms with E-state index in [1.807, 2.05) is 42.5 Å². The number of benzene rings is 2. The highest BCUT2D eigenvalue weighted by Crippen LogP contribution is 2.27. The van der Waals surface area contributed by atoms with E-state index in [-0.39, 0.29) is 18.0 Å². The third kappa shape index (κ3) is 4.58. The lowest BCUT2D eigenvalue weighted by molar-refractivity contribution is -0.116. The number of nitrogens with one attached hydrogen (secondary N) is 1. The molecular weight excluding hydrogens is 402 g/mol. The van der Waals surface area contributed by atoms with Crippen molar-refractivity contribution in [2.24, 2.45) is 0 Å². The number of rotatable bonds is 8. The van der Waals surface area contributed by atoms with Crippen molar-refractivity contribution in [3.8, 4) is 0 Å². The van der Waals surface area contributed by atoms with Crippen molar-refractivity contribution in [1.29, 1.82) is 0 Å². The van der Waals surface area contributed by atoms with Gasteiger partial charge in [0, 0.05) is 45.7 Å². The summed E-state index contributed by atoms with van der Waals surface area (Å²) in [6.45, 7) is 10.3. The maximum absolute atomic E-state index is 12.9. The third-order valence-corrected chi connectivity index (χ3v) is 6.27. The van der Waals surface area contributed by atoms with Crippen LogP contribution in [0.1, 0.15) is 26.7 Å². The fraction of sp³-hybridized carbons (Fsp3) is 0.440. The highest BCUT2D eigenvalue weighted by Gasteiger charge is 2.19. The van der Waals surface area contributed by atoms with Gasteiger partial charge in [-0.2, -0.15) is 0 Å². The predicted octanol–water partition coefficient (Wildman–Crippen LogP) is 3.38. The molecule has 1 aliphatic rings. The van der Waals surface area contributed by atoms with Crippen molar-refractivity contribution < 1.29 is 4.79 Å². The van der Waals surface area contributed by atoms with Crippen LogP contribution in [0.5, 0.6) is 0 Å². The molecule has 4 rings (SSSR count). The molecule has 0 unspecified atom stereocenters. The Kier molecular flexibility index (Phi) is 6.95. The Labute approximate surface area is 189 Å². The lowest BCUT2D eigenvalue weighted by Crippen LogP contribution is -2.46. The highest BCUT2D eigenvalue weighted by atomic mass is 16.2. The molecule has 1 saturated heterocycles. The topological polar surface area (TPSA) is 62.5 Å². The number of carbonyl (C=O) groups is 1. The summed E-state index contributed by atoms with van der Waals surface area (Å²) in [5.74, 6) is -0.0798. The number of nitrogens with zero attached hydrogens (tertiary/aromatic N) is 4. The smallest absolute Gasteiger partial charge is 0.329 e. The van der Waals surface area contributed by atoms with Crippen LogP contribution in [-0.2, 0) is 17.9 Å². The molecule has 7 heteroatoms. The number of imidazole rings is 1. The average Bonchev–Trinajstić information content (AvgIpc) is 3.09. The van der Waals surface area contributed by atoms with Gasteiger partial charge in [0.1, 0.15) is 0 Å². The van der Waals surface area contributed by atoms with Gasteiger partial charge in [0.2, 0.25) is 5.91 Å². The number of aryl methyl sites for hydroxylation is 2. The van der Waals surface area contributed by atoms with Crippen molar-refractivity contribution in [3.05, 3.63) is 59.0 Å². The molecule has 0 saturated carbocycles. The van der Waals surface area contributed by atoms with Gasteiger partial charge in [-0.1, -0.05) is 38.1 Å². The summed E-state index contributed by atoms with van der Waals surface area (Å²) in [6, 6.07) is 15.8. The number of hydrogen-bond acceptors (Lipinski definition) is 4. The number of carbonyl (C=O) groups excluding carboxylic acids is 1. The van der Waals surface area contributed by atoms with E-state index in [1.54, 1.807) is 9.13 Å². The summed E-state index contributed by atoms with van der Waals surface area (Å²) in [5, 5.41) is 3.09. The van der Waals surface area contributed by atoms with Crippen molar-refractivity contribution in [1.82, 2.24) is 14.0 Å². The molecule has 0 bridgehead atoms. The first-order valence-corrected chi connectivity index (χ1v) is 11.7. The van der Waals surface area contributed by atoms with E-state index in [0.29, 0.717) is 13.1 Å². The zero-order valence-corrected chi connectivity index (χ0v) is 19.1. The monoisotopic (exact) mass is 435 g/mol. The largest absolute Gasteiger partial charge is 0.367 e. The van der Waals surface area contributed by atoms with Gasteiger partial charge in [-0.25, -0.2) is 4.79 Å². The standard InChI is InChI=1S/C25H33N5O2/c1-3-14-29-22-11-7-8-12-23(22)30(25(29)32)15-13-24(31)26-20-9-5-6-10-21(20)28-18-16-27(4-2)17-19-28/h5-12H,3-4,13-19H2,1-2H3,(H,26,31). The van der Waals surface area contributed by atoms with E-state index in [9.17, 15) is 9.59 Å². The maximum Gasteiger partial charge on any atom is 0.329 e. The van der Waals surface area contributed by atoms with Gasteiger partial charge in [0.25, 0.3) is 0 Å². The van der Waals surface area contributed by atoms with Gasteiger partial charge in [0.15, 0.2) is 0 Å². The summed E-state index contributed by atoms with van der Waals surface area (Å²) in [7, 11) is 0. The molecule has 0 aliphatic carbocycles. The van der Waals surface area contributed by atoms with E-state index < -0.39 is 0 Å². The molecule has 2 heterocycles. The number of hydrogen-bond donors (Lipinski definition) is 1. The molecule has 1 amide bonds. The molecular formula is C25H33N5O2. The second-order valence-corrected chi connectivity index (χ2v) is 8.31. The van der Waals surface area contributed by atoms with Gasteiger partial charge >= 0.3 is 5.69 Å². The van der Waals surface area contributed by atoms with Crippen LogP contribution >= 0.6 is 0 Å². The summed E-state index contributed by atoms with van der Waals surface area (Å²) in [5.41, 5.74) is 3.66. The van der Waals surface area contributed by atoms with Crippen LogP contribution in [0.25, 0.3) is 11.0 Å². The first-order chi connectivity index (χ1) is 15.6. The number of amides is 1. The van der Waals surface area contributed by atoms with Crippen LogP contribution in [0.3, 0.4) is 0 Å². The number of fused-ring (bicyclic) bond motifs is 1.